The van der Waals surface area contributed by atoms with Crippen molar-refractivity contribution in [3.63, 3.8) is 0 Å². The fourth-order valence-corrected chi connectivity index (χ4v) is 10.9. The number of para-hydroxylation sites is 2. The number of fused-ring (bicyclic) bond motifs is 1. The lowest BCUT2D eigenvalue weighted by Crippen LogP contribution is -2.49. The minimum atomic E-state index is -2.16. The second-order valence-electron chi connectivity index (χ2n) is 11.0. The summed E-state index contributed by atoms with van der Waals surface area (Å²) in [4.78, 5) is 2.65. The van der Waals surface area contributed by atoms with Crippen LogP contribution in [0.4, 0.5) is 11.4 Å². The number of hydrazine groups is 2. The maximum Gasteiger partial charge on any atom is 0.404 e. The highest BCUT2D eigenvalue weighted by molar-refractivity contribution is 7.64. The van der Waals surface area contributed by atoms with E-state index in [1.807, 2.05) is 5.17 Å². The Hall–Kier alpha value is -0.990. The van der Waals surface area contributed by atoms with Crippen molar-refractivity contribution < 1.29 is 4.62 Å². The lowest BCUT2D eigenvalue weighted by molar-refractivity contribution is 0.148. The molecule has 3 saturated heterocycles. The molecule has 0 aromatic heterocycles. The SMILES string of the molecule is CCN(C(C)C)C(C)CC1CCN([P+](ON2NNc3ccccc32)(N2CCCC2)N2CCCC2)C1. The highest BCUT2D eigenvalue weighted by Crippen LogP contribution is 2.72. The molecule has 4 heterocycles. The molecule has 2 N–H and O–H groups in total. The molecule has 1 aromatic rings. The molecule has 0 bridgehead atoms. The van der Waals surface area contributed by atoms with Gasteiger partial charge in [-0.3, -0.25) is 10.3 Å². The van der Waals surface area contributed by atoms with Gasteiger partial charge in [-0.15, -0.1) is 24.7 Å². The van der Waals surface area contributed by atoms with Crippen molar-refractivity contribution in [2.24, 2.45) is 5.92 Å². The Morgan fingerprint density at radius 2 is 1.63 bits per heavy atom. The standard InChI is InChI=1S/C26H47N7OP/c1-5-32(22(2)3)23(4)20-24-14-19-31(21-24)35(29-15-8-9-16-29,30-17-10-11-18-30)34-33-26-13-7-6-12-25(26)27-28-33/h6-7,12-13,22-24,27-28H,5,8-11,14-21H2,1-4H3/q+1. The Balaban J connectivity index is 1.40. The van der Waals surface area contributed by atoms with E-state index < -0.39 is 7.94 Å². The van der Waals surface area contributed by atoms with E-state index >= 15 is 0 Å². The molecule has 0 aliphatic carbocycles. The highest BCUT2D eigenvalue weighted by Gasteiger charge is 2.64. The second-order valence-corrected chi connectivity index (χ2v) is 13.9. The normalized spacial score (nSPS) is 25.2. The van der Waals surface area contributed by atoms with Crippen LogP contribution in [0.15, 0.2) is 24.3 Å². The van der Waals surface area contributed by atoms with E-state index in [9.17, 15) is 0 Å². The third-order valence-corrected chi connectivity index (χ3v) is 12.2. The molecule has 0 amide bonds. The fraction of sp³-hybridized carbons (Fsp3) is 0.769. The Bertz CT molecular complexity index is 814. The van der Waals surface area contributed by atoms with E-state index in [4.69, 9.17) is 4.62 Å². The largest absolute Gasteiger partial charge is 0.404 e. The zero-order valence-electron chi connectivity index (χ0n) is 22.3. The van der Waals surface area contributed by atoms with Crippen LogP contribution in [0, 0.1) is 5.92 Å². The summed E-state index contributed by atoms with van der Waals surface area (Å²) in [6.07, 6.45) is 7.64. The Labute approximate surface area is 213 Å². The molecule has 0 spiro atoms. The summed E-state index contributed by atoms with van der Waals surface area (Å²) in [5, 5.41) is 1.94. The van der Waals surface area contributed by atoms with Crippen LogP contribution in [0.2, 0.25) is 0 Å². The van der Waals surface area contributed by atoms with Crippen LogP contribution in [-0.2, 0) is 4.62 Å². The predicted molar refractivity (Wildman–Crippen MR) is 147 cm³/mol. The molecule has 5 rings (SSSR count). The first-order valence-corrected chi connectivity index (χ1v) is 15.6. The van der Waals surface area contributed by atoms with E-state index in [2.05, 4.69) is 81.8 Å². The van der Waals surface area contributed by atoms with Crippen molar-refractivity contribution in [1.29, 1.82) is 0 Å². The molecular formula is C26H47N7OP+. The molecule has 4 aliphatic heterocycles. The van der Waals surface area contributed by atoms with Gasteiger partial charge in [-0.25, -0.2) is 0 Å². The van der Waals surface area contributed by atoms with Gasteiger partial charge in [0.2, 0.25) is 0 Å². The maximum absolute atomic E-state index is 7.28. The molecule has 2 atom stereocenters. The summed E-state index contributed by atoms with van der Waals surface area (Å²) >= 11 is 0. The van der Waals surface area contributed by atoms with Crippen LogP contribution in [-0.4, -0.2) is 76.8 Å². The van der Waals surface area contributed by atoms with Gasteiger partial charge in [0.1, 0.15) is 5.69 Å². The number of benzene rings is 1. The monoisotopic (exact) mass is 504 g/mol. The number of rotatable bonds is 10. The van der Waals surface area contributed by atoms with Gasteiger partial charge in [0.05, 0.1) is 5.69 Å². The Morgan fingerprint density at radius 3 is 2.26 bits per heavy atom. The van der Waals surface area contributed by atoms with E-state index in [0.717, 1.165) is 63.1 Å². The van der Waals surface area contributed by atoms with E-state index in [-0.39, 0.29) is 0 Å². The van der Waals surface area contributed by atoms with Crippen molar-refractivity contribution in [1.82, 2.24) is 24.4 Å². The summed E-state index contributed by atoms with van der Waals surface area (Å²) < 4.78 is 15.5. The van der Waals surface area contributed by atoms with Gasteiger partial charge in [0.15, 0.2) is 0 Å². The van der Waals surface area contributed by atoms with E-state index in [1.165, 1.54) is 38.5 Å². The van der Waals surface area contributed by atoms with Crippen LogP contribution in [0.25, 0.3) is 0 Å². The number of nitrogens with one attached hydrogen (secondary N) is 2. The Kier molecular flexibility index (Phi) is 8.19. The molecule has 8 nitrogen and oxygen atoms in total. The first-order chi connectivity index (χ1) is 17.0. The van der Waals surface area contributed by atoms with Crippen LogP contribution >= 0.6 is 7.94 Å². The van der Waals surface area contributed by atoms with Crippen molar-refractivity contribution in [3.8, 4) is 0 Å². The smallest absolute Gasteiger partial charge is 0.300 e. The molecule has 1 aromatic carbocycles. The summed E-state index contributed by atoms with van der Waals surface area (Å²) in [6.45, 7) is 17.4. The predicted octanol–water partition coefficient (Wildman–Crippen LogP) is 4.97. The van der Waals surface area contributed by atoms with Crippen LogP contribution in [0.3, 0.4) is 0 Å². The number of nitrogens with zero attached hydrogens (tertiary/aromatic N) is 5. The highest BCUT2D eigenvalue weighted by atomic mass is 31.2. The fourth-order valence-electron chi connectivity index (χ4n) is 6.76. The second kappa shape index (κ2) is 11.2. The average Bonchev–Trinajstić information content (AvgIpc) is 3.66. The average molecular weight is 505 g/mol. The van der Waals surface area contributed by atoms with E-state index in [1.54, 1.807) is 0 Å². The Morgan fingerprint density at radius 1 is 0.971 bits per heavy atom. The van der Waals surface area contributed by atoms with Crippen molar-refractivity contribution >= 4 is 19.3 Å². The molecule has 9 heteroatoms. The van der Waals surface area contributed by atoms with Gasteiger partial charge in [0.25, 0.3) is 0 Å². The molecule has 2 unspecified atom stereocenters. The topological polar surface area (TPSA) is 49.5 Å². The molecule has 0 radical (unpaired) electrons. The maximum atomic E-state index is 7.28. The minimum Gasteiger partial charge on any atom is -0.300 e. The zero-order valence-corrected chi connectivity index (χ0v) is 23.2. The van der Waals surface area contributed by atoms with Crippen LogP contribution in [0.5, 0.6) is 0 Å². The van der Waals surface area contributed by atoms with Crippen LogP contribution in [0.1, 0.15) is 66.2 Å². The number of anilines is 2. The molecule has 3 fully saturated rings. The third kappa shape index (κ3) is 5.08. The summed E-state index contributed by atoms with van der Waals surface area (Å²) in [6, 6.07) is 9.64. The summed E-state index contributed by atoms with van der Waals surface area (Å²) in [5.41, 5.74) is 8.80. The molecule has 0 saturated carbocycles. The first-order valence-electron chi connectivity index (χ1n) is 14.0. The van der Waals surface area contributed by atoms with Gasteiger partial charge in [-0.1, -0.05) is 19.1 Å². The summed E-state index contributed by atoms with van der Waals surface area (Å²) in [7, 11) is -2.16. The quantitative estimate of drug-likeness (QED) is 0.433. The van der Waals surface area contributed by atoms with Crippen molar-refractivity contribution in [2.45, 2.75) is 78.3 Å². The molecule has 4 aliphatic rings. The lowest BCUT2D eigenvalue weighted by Gasteiger charge is -2.42. The number of hydrogen-bond donors (Lipinski definition) is 2. The van der Waals surface area contributed by atoms with Crippen molar-refractivity contribution in [2.75, 3.05) is 56.4 Å². The zero-order chi connectivity index (χ0) is 24.4. The molecule has 196 valence electrons. The van der Waals surface area contributed by atoms with Gasteiger partial charge in [0, 0.05) is 51.4 Å². The van der Waals surface area contributed by atoms with Gasteiger partial charge < -0.3 is 0 Å². The number of hydrogen-bond acceptors (Lipinski definition) is 8. The van der Waals surface area contributed by atoms with Crippen LogP contribution < -0.4 is 16.1 Å². The molecular weight excluding hydrogens is 457 g/mol. The van der Waals surface area contributed by atoms with Gasteiger partial charge >= 0.3 is 7.94 Å². The first kappa shape index (κ1) is 25.7. The summed E-state index contributed by atoms with van der Waals surface area (Å²) in [5.74, 6) is 0.725. The lowest BCUT2D eigenvalue weighted by atomic mass is 9.98. The third-order valence-electron chi connectivity index (χ3n) is 8.41. The minimum absolute atomic E-state index is 0.602. The molecule has 35 heavy (non-hydrogen) atoms. The van der Waals surface area contributed by atoms with E-state index in [0.29, 0.717) is 12.1 Å². The van der Waals surface area contributed by atoms with Crippen molar-refractivity contribution in [3.05, 3.63) is 24.3 Å². The van der Waals surface area contributed by atoms with Gasteiger partial charge in [-0.05, 0) is 88.5 Å². The van der Waals surface area contributed by atoms with Gasteiger partial charge in [-0.2, -0.15) is 0 Å².